The number of nitrogen functional groups attached to an aromatic ring is 1. The Morgan fingerprint density at radius 1 is 1.32 bits per heavy atom. The molecule has 0 bridgehead atoms. The second-order valence-electron chi connectivity index (χ2n) is 5.56. The molecular formula is C15H21NO3. The van der Waals surface area contributed by atoms with Crippen LogP contribution in [0.5, 0.6) is 5.75 Å². The SMILES string of the molecule is CC1CCC(Oc2ccc(C(=O)O)c(N)c2)CC1C. The molecule has 1 aliphatic rings. The Morgan fingerprint density at radius 3 is 2.63 bits per heavy atom. The number of rotatable bonds is 3. The molecule has 0 heterocycles. The highest BCUT2D eigenvalue weighted by Gasteiger charge is 2.25. The van der Waals surface area contributed by atoms with Gasteiger partial charge in [0.15, 0.2) is 0 Å². The summed E-state index contributed by atoms with van der Waals surface area (Å²) >= 11 is 0. The Bertz CT molecular complexity index is 472. The van der Waals surface area contributed by atoms with Crippen LogP contribution in [-0.2, 0) is 0 Å². The number of benzene rings is 1. The number of anilines is 1. The maximum atomic E-state index is 10.9. The van der Waals surface area contributed by atoms with Gasteiger partial charge in [0.2, 0.25) is 0 Å². The highest BCUT2D eigenvalue weighted by Crippen LogP contribution is 2.32. The molecule has 4 nitrogen and oxygen atoms in total. The maximum absolute atomic E-state index is 10.9. The monoisotopic (exact) mass is 263 g/mol. The number of carboxylic acids is 1. The lowest BCUT2D eigenvalue weighted by atomic mass is 9.80. The number of hydrogen-bond acceptors (Lipinski definition) is 3. The summed E-state index contributed by atoms with van der Waals surface area (Å²) in [5.41, 5.74) is 6.09. The Morgan fingerprint density at radius 2 is 2.05 bits per heavy atom. The fourth-order valence-electron chi connectivity index (χ4n) is 2.61. The van der Waals surface area contributed by atoms with Crippen molar-refractivity contribution in [1.82, 2.24) is 0 Å². The van der Waals surface area contributed by atoms with E-state index < -0.39 is 5.97 Å². The zero-order valence-electron chi connectivity index (χ0n) is 11.4. The summed E-state index contributed by atoms with van der Waals surface area (Å²) in [4.78, 5) is 10.9. The Balaban J connectivity index is 2.04. The van der Waals surface area contributed by atoms with E-state index in [1.165, 1.54) is 12.5 Å². The third-order valence-electron chi connectivity index (χ3n) is 4.11. The number of carboxylic acid groups (broad SMARTS) is 1. The van der Waals surface area contributed by atoms with Crippen molar-refractivity contribution in [3.63, 3.8) is 0 Å². The standard InChI is InChI=1S/C15H21NO3/c1-9-3-4-11(7-10(9)2)19-12-5-6-13(15(17)18)14(16)8-12/h5-6,8-11H,3-4,7,16H2,1-2H3,(H,17,18). The van der Waals surface area contributed by atoms with Gasteiger partial charge in [-0.1, -0.05) is 13.8 Å². The fraction of sp³-hybridized carbons (Fsp3) is 0.533. The van der Waals surface area contributed by atoms with Crippen LogP contribution >= 0.6 is 0 Å². The largest absolute Gasteiger partial charge is 0.490 e. The van der Waals surface area contributed by atoms with E-state index in [4.69, 9.17) is 15.6 Å². The summed E-state index contributed by atoms with van der Waals surface area (Å²) in [7, 11) is 0. The van der Waals surface area contributed by atoms with Crippen molar-refractivity contribution in [3.8, 4) is 5.75 Å². The Labute approximate surface area is 113 Å². The molecule has 3 N–H and O–H groups in total. The van der Waals surface area contributed by atoms with E-state index in [0.29, 0.717) is 11.7 Å². The lowest BCUT2D eigenvalue weighted by molar-refractivity contribution is 0.0698. The van der Waals surface area contributed by atoms with Crippen molar-refractivity contribution in [2.24, 2.45) is 11.8 Å². The zero-order chi connectivity index (χ0) is 14.0. The number of nitrogens with two attached hydrogens (primary N) is 1. The molecule has 1 aromatic carbocycles. The van der Waals surface area contributed by atoms with Crippen molar-refractivity contribution in [1.29, 1.82) is 0 Å². The molecule has 0 saturated heterocycles. The summed E-state index contributed by atoms with van der Waals surface area (Å²) < 4.78 is 5.92. The summed E-state index contributed by atoms with van der Waals surface area (Å²) in [5, 5.41) is 8.92. The predicted octanol–water partition coefficient (Wildman–Crippen LogP) is 3.17. The number of aromatic carboxylic acids is 1. The number of carbonyl (C=O) groups is 1. The van der Waals surface area contributed by atoms with Gasteiger partial charge >= 0.3 is 5.97 Å². The van der Waals surface area contributed by atoms with E-state index in [1.54, 1.807) is 12.1 Å². The molecule has 1 fully saturated rings. The molecule has 19 heavy (non-hydrogen) atoms. The third-order valence-corrected chi connectivity index (χ3v) is 4.11. The third kappa shape index (κ3) is 3.19. The summed E-state index contributed by atoms with van der Waals surface area (Å²) in [6.07, 6.45) is 3.48. The minimum atomic E-state index is -1.01. The lowest BCUT2D eigenvalue weighted by Gasteiger charge is -2.32. The van der Waals surface area contributed by atoms with Crippen LogP contribution < -0.4 is 10.5 Å². The van der Waals surface area contributed by atoms with Gasteiger partial charge in [-0.2, -0.15) is 0 Å². The molecule has 0 aliphatic heterocycles. The number of hydrogen-bond donors (Lipinski definition) is 2. The van der Waals surface area contributed by atoms with E-state index in [1.807, 2.05) is 0 Å². The molecule has 3 unspecified atom stereocenters. The Kier molecular flexibility index (Phi) is 3.98. The van der Waals surface area contributed by atoms with Crippen LogP contribution in [0.1, 0.15) is 43.5 Å². The Hall–Kier alpha value is -1.71. The van der Waals surface area contributed by atoms with Gasteiger partial charge in [0.25, 0.3) is 0 Å². The zero-order valence-corrected chi connectivity index (χ0v) is 11.4. The topological polar surface area (TPSA) is 72.5 Å². The highest BCUT2D eigenvalue weighted by atomic mass is 16.5. The molecular weight excluding hydrogens is 242 g/mol. The normalized spacial score (nSPS) is 26.9. The van der Waals surface area contributed by atoms with Gasteiger partial charge in [0.05, 0.1) is 11.7 Å². The van der Waals surface area contributed by atoms with Crippen LogP contribution in [0.15, 0.2) is 18.2 Å². The lowest BCUT2D eigenvalue weighted by Crippen LogP contribution is -2.28. The first-order chi connectivity index (χ1) is 8.97. The second kappa shape index (κ2) is 5.51. The van der Waals surface area contributed by atoms with Gasteiger partial charge in [-0.25, -0.2) is 4.79 Å². The molecule has 3 atom stereocenters. The molecule has 0 spiro atoms. The van der Waals surface area contributed by atoms with Crippen LogP contribution in [-0.4, -0.2) is 17.2 Å². The maximum Gasteiger partial charge on any atom is 0.337 e. The van der Waals surface area contributed by atoms with Crippen LogP contribution in [0.4, 0.5) is 5.69 Å². The van der Waals surface area contributed by atoms with Crippen LogP contribution in [0.25, 0.3) is 0 Å². The summed E-state index contributed by atoms with van der Waals surface area (Å²) in [5.74, 6) is 1.06. The van der Waals surface area contributed by atoms with Crippen LogP contribution in [0, 0.1) is 11.8 Å². The van der Waals surface area contributed by atoms with E-state index in [-0.39, 0.29) is 17.4 Å². The van der Waals surface area contributed by atoms with Gasteiger partial charge in [-0.15, -0.1) is 0 Å². The first-order valence-electron chi connectivity index (χ1n) is 6.77. The quantitative estimate of drug-likeness (QED) is 0.821. The van der Waals surface area contributed by atoms with E-state index in [2.05, 4.69) is 13.8 Å². The molecule has 104 valence electrons. The smallest absolute Gasteiger partial charge is 0.337 e. The molecule has 0 amide bonds. The highest BCUT2D eigenvalue weighted by molar-refractivity contribution is 5.93. The minimum Gasteiger partial charge on any atom is -0.490 e. The van der Waals surface area contributed by atoms with Crippen LogP contribution in [0.3, 0.4) is 0 Å². The van der Waals surface area contributed by atoms with E-state index in [0.717, 1.165) is 18.8 Å². The summed E-state index contributed by atoms with van der Waals surface area (Å²) in [6.45, 7) is 4.53. The molecule has 4 heteroatoms. The first kappa shape index (κ1) is 13.7. The summed E-state index contributed by atoms with van der Waals surface area (Å²) in [6, 6.07) is 4.79. The molecule has 1 saturated carbocycles. The molecule has 1 aromatic rings. The minimum absolute atomic E-state index is 0.123. The number of ether oxygens (including phenoxy) is 1. The van der Waals surface area contributed by atoms with Gasteiger partial charge in [0, 0.05) is 11.8 Å². The van der Waals surface area contributed by atoms with Gasteiger partial charge in [-0.3, -0.25) is 0 Å². The second-order valence-corrected chi connectivity index (χ2v) is 5.56. The predicted molar refractivity (Wildman–Crippen MR) is 74.4 cm³/mol. The molecule has 2 rings (SSSR count). The van der Waals surface area contributed by atoms with Crippen molar-refractivity contribution in [2.45, 2.75) is 39.2 Å². The van der Waals surface area contributed by atoms with Gasteiger partial charge in [-0.05, 0) is 43.2 Å². The first-order valence-corrected chi connectivity index (χ1v) is 6.77. The van der Waals surface area contributed by atoms with Gasteiger partial charge in [0.1, 0.15) is 5.75 Å². The van der Waals surface area contributed by atoms with Gasteiger partial charge < -0.3 is 15.6 Å². The van der Waals surface area contributed by atoms with Crippen molar-refractivity contribution in [3.05, 3.63) is 23.8 Å². The molecule has 1 aliphatic carbocycles. The van der Waals surface area contributed by atoms with Crippen molar-refractivity contribution < 1.29 is 14.6 Å². The van der Waals surface area contributed by atoms with Crippen LogP contribution in [0.2, 0.25) is 0 Å². The average molecular weight is 263 g/mol. The van der Waals surface area contributed by atoms with Crippen molar-refractivity contribution in [2.75, 3.05) is 5.73 Å². The average Bonchev–Trinajstić information content (AvgIpc) is 2.33. The molecule has 0 aromatic heterocycles. The van der Waals surface area contributed by atoms with E-state index in [9.17, 15) is 4.79 Å². The molecule has 0 radical (unpaired) electrons. The van der Waals surface area contributed by atoms with Crippen molar-refractivity contribution >= 4 is 11.7 Å². The fourth-order valence-corrected chi connectivity index (χ4v) is 2.61. The van der Waals surface area contributed by atoms with E-state index >= 15 is 0 Å².